The van der Waals surface area contributed by atoms with Crippen LogP contribution in [-0.2, 0) is 5.41 Å². The molecule has 0 aliphatic carbocycles. The van der Waals surface area contributed by atoms with Crippen molar-refractivity contribution in [3.8, 4) is 0 Å². The number of aromatic nitrogens is 3. The van der Waals surface area contributed by atoms with Crippen molar-refractivity contribution < 1.29 is 4.79 Å². The number of fused-ring (bicyclic) bond motifs is 1. The Morgan fingerprint density at radius 2 is 1.93 bits per heavy atom. The highest BCUT2D eigenvalue weighted by Gasteiger charge is 2.40. The van der Waals surface area contributed by atoms with Crippen LogP contribution in [-0.4, -0.2) is 38.8 Å². The van der Waals surface area contributed by atoms with Crippen LogP contribution in [0.3, 0.4) is 0 Å². The highest BCUT2D eigenvalue weighted by atomic mass is 32.1. The van der Waals surface area contributed by atoms with Gasteiger partial charge >= 0.3 is 0 Å². The second-order valence-electron chi connectivity index (χ2n) is 7.63. The van der Waals surface area contributed by atoms with Gasteiger partial charge < -0.3 is 9.88 Å². The minimum atomic E-state index is -0.129. The van der Waals surface area contributed by atoms with Gasteiger partial charge in [-0.15, -0.1) is 11.3 Å². The Morgan fingerprint density at radius 1 is 1.14 bits per heavy atom. The molecule has 1 N–H and O–H groups in total. The zero-order valence-electron chi connectivity index (χ0n) is 16.3. The predicted molar refractivity (Wildman–Crippen MR) is 115 cm³/mol. The quantitative estimate of drug-likeness (QED) is 0.547. The van der Waals surface area contributed by atoms with E-state index in [1.54, 1.807) is 17.7 Å². The largest absolute Gasteiger partial charge is 0.345 e. The van der Waals surface area contributed by atoms with Crippen molar-refractivity contribution in [2.24, 2.45) is 0 Å². The van der Waals surface area contributed by atoms with Gasteiger partial charge in [-0.05, 0) is 43.5 Å². The first kappa shape index (κ1) is 18.1. The normalized spacial score (nSPS) is 16.2. The van der Waals surface area contributed by atoms with Crippen LogP contribution in [0.2, 0.25) is 0 Å². The molecule has 5 nitrogen and oxygen atoms in total. The Hall–Kier alpha value is -2.99. The van der Waals surface area contributed by atoms with Crippen molar-refractivity contribution in [2.75, 3.05) is 13.1 Å². The lowest BCUT2D eigenvalue weighted by atomic mass is 9.70. The summed E-state index contributed by atoms with van der Waals surface area (Å²) in [5, 5.41) is 3.27. The molecule has 0 bridgehead atoms. The summed E-state index contributed by atoms with van der Waals surface area (Å²) in [5.41, 5.74) is 4.77. The Labute approximate surface area is 173 Å². The number of piperidine rings is 1. The molecule has 3 heterocycles. The number of imidazole rings is 1. The lowest BCUT2D eigenvalue weighted by Crippen LogP contribution is -2.46. The molecule has 1 fully saturated rings. The maximum absolute atomic E-state index is 13.1. The van der Waals surface area contributed by atoms with E-state index >= 15 is 0 Å². The number of benzene rings is 2. The molecule has 2 aromatic heterocycles. The molecule has 1 saturated heterocycles. The molecule has 5 rings (SSSR count). The molecule has 0 spiro atoms. The number of hydrogen-bond donors (Lipinski definition) is 1. The van der Waals surface area contributed by atoms with E-state index in [4.69, 9.17) is 4.98 Å². The molecule has 1 amide bonds. The fourth-order valence-electron chi connectivity index (χ4n) is 4.38. The number of likely N-dealkylation sites (tertiary alicyclic amines) is 1. The minimum Gasteiger partial charge on any atom is -0.345 e. The standard InChI is InChI=1S/C23H22N4OS/c1-16-26-21(14-29-16)23(18-5-3-2-4-6-18)9-11-27(12-10-23)22(28)17-7-8-19-20(13-17)25-15-24-19/h2-8,13-15H,9-12H2,1H3,(H,24,25). The minimum absolute atomic E-state index is 0.0811. The number of nitrogens with one attached hydrogen (secondary N) is 1. The van der Waals surface area contributed by atoms with E-state index in [9.17, 15) is 4.79 Å². The summed E-state index contributed by atoms with van der Waals surface area (Å²) in [6.07, 6.45) is 3.40. The number of amides is 1. The second-order valence-corrected chi connectivity index (χ2v) is 8.69. The van der Waals surface area contributed by atoms with Gasteiger partial charge in [0.25, 0.3) is 5.91 Å². The molecule has 2 aromatic carbocycles. The molecule has 0 atom stereocenters. The number of thiazole rings is 1. The maximum atomic E-state index is 13.1. The van der Waals surface area contributed by atoms with Crippen LogP contribution in [0.5, 0.6) is 0 Å². The molecule has 4 aromatic rings. The van der Waals surface area contributed by atoms with Gasteiger partial charge in [-0.2, -0.15) is 0 Å². The summed E-state index contributed by atoms with van der Waals surface area (Å²) >= 11 is 1.70. The van der Waals surface area contributed by atoms with Crippen LogP contribution in [0.15, 0.2) is 60.2 Å². The number of aryl methyl sites for hydroxylation is 1. The summed E-state index contributed by atoms with van der Waals surface area (Å²) in [6.45, 7) is 3.48. The molecule has 146 valence electrons. The lowest BCUT2D eigenvalue weighted by molar-refractivity contribution is 0.0684. The van der Waals surface area contributed by atoms with E-state index < -0.39 is 0 Å². The summed E-state index contributed by atoms with van der Waals surface area (Å²) in [4.78, 5) is 27.3. The number of rotatable bonds is 3. The zero-order chi connectivity index (χ0) is 19.8. The lowest BCUT2D eigenvalue weighted by Gasteiger charge is -2.41. The van der Waals surface area contributed by atoms with Gasteiger partial charge in [0.2, 0.25) is 0 Å². The number of H-pyrrole nitrogens is 1. The van der Waals surface area contributed by atoms with E-state index in [2.05, 4.69) is 46.5 Å². The van der Waals surface area contributed by atoms with Gasteiger partial charge in [-0.3, -0.25) is 4.79 Å². The number of nitrogens with zero attached hydrogens (tertiary/aromatic N) is 3. The zero-order valence-corrected chi connectivity index (χ0v) is 17.1. The first-order chi connectivity index (χ1) is 14.2. The molecule has 1 aliphatic rings. The summed E-state index contributed by atoms with van der Waals surface area (Å²) in [6, 6.07) is 16.3. The van der Waals surface area contributed by atoms with Gasteiger partial charge in [-0.25, -0.2) is 9.97 Å². The average molecular weight is 403 g/mol. The summed E-state index contributed by atoms with van der Waals surface area (Å²) in [7, 11) is 0. The van der Waals surface area contributed by atoms with Crippen molar-refractivity contribution >= 4 is 28.3 Å². The molecular formula is C23H22N4OS. The highest BCUT2D eigenvalue weighted by Crippen LogP contribution is 2.42. The van der Waals surface area contributed by atoms with E-state index in [-0.39, 0.29) is 11.3 Å². The van der Waals surface area contributed by atoms with Crippen molar-refractivity contribution in [3.05, 3.63) is 82.1 Å². The van der Waals surface area contributed by atoms with Crippen LogP contribution in [0.25, 0.3) is 11.0 Å². The Morgan fingerprint density at radius 3 is 2.66 bits per heavy atom. The van der Waals surface area contributed by atoms with Crippen LogP contribution < -0.4 is 0 Å². The number of aromatic amines is 1. The van der Waals surface area contributed by atoms with E-state index in [1.807, 2.05) is 29.2 Å². The first-order valence-corrected chi connectivity index (χ1v) is 10.7. The van der Waals surface area contributed by atoms with Gasteiger partial charge in [-0.1, -0.05) is 30.3 Å². The highest BCUT2D eigenvalue weighted by molar-refractivity contribution is 7.09. The number of carbonyl (C=O) groups excluding carboxylic acids is 1. The summed E-state index contributed by atoms with van der Waals surface area (Å²) in [5.74, 6) is 0.0811. The molecule has 0 radical (unpaired) electrons. The summed E-state index contributed by atoms with van der Waals surface area (Å²) < 4.78 is 0. The van der Waals surface area contributed by atoms with Crippen LogP contribution in [0, 0.1) is 6.92 Å². The van der Waals surface area contributed by atoms with Crippen LogP contribution in [0.4, 0.5) is 0 Å². The Balaban J connectivity index is 1.42. The number of carbonyl (C=O) groups is 1. The topological polar surface area (TPSA) is 61.9 Å². The third-order valence-corrected chi connectivity index (χ3v) is 6.78. The fraction of sp³-hybridized carbons (Fsp3) is 0.261. The van der Waals surface area contributed by atoms with Crippen LogP contribution in [0.1, 0.15) is 39.5 Å². The van der Waals surface area contributed by atoms with E-state index in [0.29, 0.717) is 18.7 Å². The Bertz CT molecular complexity index is 1160. The monoisotopic (exact) mass is 402 g/mol. The van der Waals surface area contributed by atoms with Gasteiger partial charge in [0.05, 0.1) is 28.1 Å². The van der Waals surface area contributed by atoms with Crippen LogP contribution >= 0.6 is 11.3 Å². The fourth-order valence-corrected chi connectivity index (χ4v) is 5.09. The molecule has 0 unspecified atom stereocenters. The third kappa shape index (κ3) is 3.13. The maximum Gasteiger partial charge on any atom is 0.253 e. The smallest absolute Gasteiger partial charge is 0.253 e. The van der Waals surface area contributed by atoms with Crippen molar-refractivity contribution in [3.63, 3.8) is 0 Å². The second kappa shape index (κ2) is 7.12. The molecule has 1 aliphatic heterocycles. The van der Waals surface area contributed by atoms with Crippen molar-refractivity contribution in [2.45, 2.75) is 25.2 Å². The van der Waals surface area contributed by atoms with Crippen molar-refractivity contribution in [1.29, 1.82) is 0 Å². The first-order valence-electron chi connectivity index (χ1n) is 9.86. The molecule has 0 saturated carbocycles. The van der Waals surface area contributed by atoms with Gasteiger partial charge in [0.15, 0.2) is 0 Å². The number of hydrogen-bond acceptors (Lipinski definition) is 4. The Kier molecular flexibility index (Phi) is 4.43. The van der Waals surface area contributed by atoms with E-state index in [1.165, 1.54) is 5.56 Å². The molecule has 6 heteroatoms. The van der Waals surface area contributed by atoms with Gasteiger partial charge in [0, 0.05) is 29.4 Å². The van der Waals surface area contributed by atoms with Gasteiger partial charge in [0.1, 0.15) is 0 Å². The van der Waals surface area contributed by atoms with Crippen molar-refractivity contribution in [1.82, 2.24) is 19.9 Å². The molecular weight excluding hydrogens is 380 g/mol. The SMILES string of the molecule is Cc1nc(C2(c3ccccc3)CCN(C(=O)c3ccc4nc[nH]c4c3)CC2)cs1. The average Bonchev–Trinajstić information content (AvgIpc) is 3.42. The molecule has 29 heavy (non-hydrogen) atoms. The van der Waals surface area contributed by atoms with E-state index in [0.717, 1.165) is 34.6 Å². The predicted octanol–water partition coefficient (Wildman–Crippen LogP) is 4.55. The third-order valence-electron chi connectivity index (χ3n) is 6.01.